The third-order valence-corrected chi connectivity index (χ3v) is 4.53. The maximum atomic E-state index is 13.3. The van der Waals surface area contributed by atoms with E-state index in [1.165, 1.54) is 18.2 Å². The van der Waals surface area contributed by atoms with Gasteiger partial charge in [-0.3, -0.25) is 4.79 Å². The van der Waals surface area contributed by atoms with Crippen molar-refractivity contribution in [1.29, 1.82) is 0 Å². The van der Waals surface area contributed by atoms with E-state index in [9.17, 15) is 9.18 Å². The SMILES string of the molecule is Cc1cc(NC(=O)c2cccc(F)c2Cl)cc(C)c1Br. The van der Waals surface area contributed by atoms with E-state index >= 15 is 0 Å². The number of halogens is 3. The lowest BCUT2D eigenvalue weighted by molar-refractivity contribution is 0.102. The molecule has 0 unspecified atom stereocenters. The molecule has 0 aliphatic rings. The van der Waals surface area contributed by atoms with Gasteiger partial charge in [0.1, 0.15) is 5.82 Å². The quantitative estimate of drug-likeness (QED) is 0.796. The van der Waals surface area contributed by atoms with Crippen LogP contribution in [0.5, 0.6) is 0 Å². The van der Waals surface area contributed by atoms with Crippen molar-refractivity contribution < 1.29 is 9.18 Å². The summed E-state index contributed by atoms with van der Waals surface area (Å²) in [6.07, 6.45) is 0. The number of hydrogen-bond acceptors (Lipinski definition) is 1. The molecule has 2 rings (SSSR count). The van der Waals surface area contributed by atoms with Crippen LogP contribution in [0.2, 0.25) is 5.02 Å². The number of benzene rings is 2. The average Bonchev–Trinajstić information content (AvgIpc) is 2.39. The summed E-state index contributed by atoms with van der Waals surface area (Å²) < 4.78 is 14.3. The lowest BCUT2D eigenvalue weighted by Crippen LogP contribution is -2.13. The molecule has 0 aromatic heterocycles. The zero-order valence-electron chi connectivity index (χ0n) is 10.9. The van der Waals surface area contributed by atoms with Gasteiger partial charge in [-0.15, -0.1) is 0 Å². The first kappa shape index (κ1) is 15.0. The molecule has 0 aliphatic heterocycles. The van der Waals surface area contributed by atoms with E-state index in [1.54, 1.807) is 0 Å². The van der Waals surface area contributed by atoms with Crippen molar-refractivity contribution >= 4 is 39.1 Å². The van der Waals surface area contributed by atoms with E-state index in [0.29, 0.717) is 5.69 Å². The molecule has 0 saturated carbocycles. The highest BCUT2D eigenvalue weighted by atomic mass is 79.9. The highest BCUT2D eigenvalue weighted by Crippen LogP contribution is 2.26. The smallest absolute Gasteiger partial charge is 0.257 e. The van der Waals surface area contributed by atoms with Crippen LogP contribution in [0.3, 0.4) is 0 Å². The molecule has 2 aromatic rings. The Hall–Kier alpha value is -1.39. The third-order valence-electron chi connectivity index (χ3n) is 2.89. The van der Waals surface area contributed by atoms with Crippen molar-refractivity contribution in [3.05, 3.63) is 62.3 Å². The molecule has 104 valence electrons. The third kappa shape index (κ3) is 3.02. The first-order valence-corrected chi connectivity index (χ1v) is 7.09. The maximum absolute atomic E-state index is 13.3. The van der Waals surface area contributed by atoms with E-state index in [2.05, 4.69) is 21.2 Å². The van der Waals surface area contributed by atoms with Crippen molar-refractivity contribution in [2.24, 2.45) is 0 Å². The Balaban J connectivity index is 2.30. The van der Waals surface area contributed by atoms with Crippen LogP contribution in [0.25, 0.3) is 0 Å². The lowest BCUT2D eigenvalue weighted by Gasteiger charge is -2.10. The minimum atomic E-state index is -0.609. The van der Waals surface area contributed by atoms with Crippen LogP contribution in [0.4, 0.5) is 10.1 Å². The Labute approximate surface area is 130 Å². The molecule has 0 atom stereocenters. The predicted molar refractivity (Wildman–Crippen MR) is 83.0 cm³/mol. The minimum absolute atomic E-state index is 0.116. The van der Waals surface area contributed by atoms with Crippen molar-refractivity contribution in [3.8, 4) is 0 Å². The highest BCUT2D eigenvalue weighted by molar-refractivity contribution is 9.10. The Morgan fingerprint density at radius 2 is 1.85 bits per heavy atom. The van der Waals surface area contributed by atoms with Gasteiger partial charge in [0.2, 0.25) is 0 Å². The molecular formula is C15H12BrClFNO. The van der Waals surface area contributed by atoms with Crippen molar-refractivity contribution in [2.75, 3.05) is 5.32 Å². The van der Waals surface area contributed by atoms with Gasteiger partial charge < -0.3 is 5.32 Å². The van der Waals surface area contributed by atoms with Gasteiger partial charge in [0.05, 0.1) is 10.6 Å². The van der Waals surface area contributed by atoms with E-state index in [-0.39, 0.29) is 10.6 Å². The number of aryl methyl sites for hydroxylation is 2. The molecule has 1 amide bonds. The summed E-state index contributed by atoms with van der Waals surface area (Å²) >= 11 is 9.26. The van der Waals surface area contributed by atoms with Crippen LogP contribution in [0, 0.1) is 19.7 Å². The Morgan fingerprint density at radius 1 is 1.25 bits per heavy atom. The van der Waals surface area contributed by atoms with Crippen molar-refractivity contribution in [1.82, 2.24) is 0 Å². The summed E-state index contributed by atoms with van der Waals surface area (Å²) in [7, 11) is 0. The fourth-order valence-electron chi connectivity index (χ4n) is 1.90. The van der Waals surface area contributed by atoms with Crippen molar-refractivity contribution in [3.63, 3.8) is 0 Å². The second-order valence-electron chi connectivity index (χ2n) is 4.48. The van der Waals surface area contributed by atoms with Crippen molar-refractivity contribution in [2.45, 2.75) is 13.8 Å². The largest absolute Gasteiger partial charge is 0.322 e. The zero-order valence-corrected chi connectivity index (χ0v) is 13.3. The van der Waals surface area contributed by atoms with E-state index in [4.69, 9.17) is 11.6 Å². The second-order valence-corrected chi connectivity index (χ2v) is 5.65. The summed E-state index contributed by atoms with van der Waals surface area (Å²) in [5, 5.41) is 2.55. The van der Waals surface area contributed by atoms with Crippen LogP contribution in [-0.4, -0.2) is 5.91 Å². The van der Waals surface area contributed by atoms with Crippen LogP contribution >= 0.6 is 27.5 Å². The Morgan fingerprint density at radius 3 is 2.45 bits per heavy atom. The van der Waals surface area contributed by atoms with Crippen LogP contribution < -0.4 is 5.32 Å². The molecule has 0 fully saturated rings. The standard InChI is InChI=1S/C15H12BrClFNO/c1-8-6-10(7-9(2)13(8)16)19-15(20)11-4-3-5-12(18)14(11)17/h3-7H,1-2H3,(H,19,20). The van der Waals surface area contributed by atoms with Gasteiger partial charge >= 0.3 is 0 Å². The molecule has 0 aliphatic carbocycles. The number of carbonyl (C=O) groups excluding carboxylic acids is 1. The summed E-state index contributed by atoms with van der Waals surface area (Å²) in [6, 6.07) is 7.82. The Bertz CT molecular complexity index is 665. The molecule has 0 radical (unpaired) electrons. The van der Waals surface area contributed by atoms with E-state index in [0.717, 1.165) is 15.6 Å². The van der Waals surface area contributed by atoms with Gasteiger partial charge in [0, 0.05) is 10.2 Å². The molecule has 0 spiro atoms. The number of amides is 1. The topological polar surface area (TPSA) is 29.1 Å². The van der Waals surface area contributed by atoms with Crippen LogP contribution in [0.15, 0.2) is 34.8 Å². The summed E-state index contributed by atoms with van der Waals surface area (Å²) in [5.41, 5.74) is 2.77. The monoisotopic (exact) mass is 355 g/mol. The molecule has 2 aromatic carbocycles. The molecular weight excluding hydrogens is 345 g/mol. The number of rotatable bonds is 2. The molecule has 2 nitrogen and oxygen atoms in total. The molecule has 0 bridgehead atoms. The number of nitrogens with one attached hydrogen (secondary N) is 1. The lowest BCUT2D eigenvalue weighted by atomic mass is 10.1. The summed E-state index contributed by atoms with van der Waals surface area (Å²) in [5.74, 6) is -1.04. The van der Waals surface area contributed by atoms with Crippen LogP contribution in [-0.2, 0) is 0 Å². The van der Waals surface area contributed by atoms with Gasteiger partial charge in [-0.1, -0.05) is 33.6 Å². The molecule has 0 saturated heterocycles. The molecule has 1 N–H and O–H groups in total. The summed E-state index contributed by atoms with van der Waals surface area (Å²) in [6.45, 7) is 3.86. The summed E-state index contributed by atoms with van der Waals surface area (Å²) in [4.78, 5) is 12.1. The highest BCUT2D eigenvalue weighted by Gasteiger charge is 2.14. The van der Waals surface area contributed by atoms with Gasteiger partial charge in [-0.2, -0.15) is 0 Å². The van der Waals surface area contributed by atoms with Crippen LogP contribution in [0.1, 0.15) is 21.5 Å². The fourth-order valence-corrected chi connectivity index (χ4v) is 2.34. The predicted octanol–water partition coefficient (Wildman–Crippen LogP) is 5.11. The first-order valence-electron chi connectivity index (χ1n) is 5.92. The first-order chi connectivity index (χ1) is 9.40. The minimum Gasteiger partial charge on any atom is -0.322 e. The Kier molecular flexibility index (Phi) is 4.45. The number of hydrogen-bond donors (Lipinski definition) is 1. The second kappa shape index (κ2) is 5.94. The zero-order chi connectivity index (χ0) is 14.9. The molecule has 0 heterocycles. The van der Waals surface area contributed by atoms with Gasteiger partial charge in [0.15, 0.2) is 0 Å². The van der Waals surface area contributed by atoms with E-state index in [1.807, 2.05) is 26.0 Å². The normalized spacial score (nSPS) is 10.4. The van der Waals surface area contributed by atoms with Gasteiger partial charge in [0.25, 0.3) is 5.91 Å². The average molecular weight is 357 g/mol. The van der Waals surface area contributed by atoms with E-state index < -0.39 is 11.7 Å². The van der Waals surface area contributed by atoms with Gasteiger partial charge in [-0.25, -0.2) is 4.39 Å². The van der Waals surface area contributed by atoms with Gasteiger partial charge in [-0.05, 0) is 49.2 Å². The molecule has 20 heavy (non-hydrogen) atoms. The molecule has 5 heteroatoms. The maximum Gasteiger partial charge on any atom is 0.257 e. The number of anilines is 1. The fraction of sp³-hybridized carbons (Fsp3) is 0.133. The number of carbonyl (C=O) groups is 1.